The Labute approximate surface area is 162 Å². The second-order valence-corrected chi connectivity index (χ2v) is 7.01. The van der Waals surface area contributed by atoms with Crippen molar-refractivity contribution < 1.29 is 14.4 Å². The molecule has 0 saturated heterocycles. The maximum atomic E-state index is 12.8. The Hall–Kier alpha value is -2.86. The van der Waals surface area contributed by atoms with E-state index in [0.717, 1.165) is 24.0 Å². The topological polar surface area (TPSA) is 87.3 Å². The van der Waals surface area contributed by atoms with Gasteiger partial charge in [0, 0.05) is 35.8 Å². The number of benzene rings is 2. The molecule has 1 unspecified atom stereocenters. The predicted octanol–water partition coefficient (Wildman–Crippen LogP) is 3.67. The lowest BCUT2D eigenvalue weighted by Gasteiger charge is -2.16. The number of carbonyl (C=O) groups is 3. The van der Waals surface area contributed by atoms with Gasteiger partial charge < -0.3 is 16.0 Å². The third-order valence-electron chi connectivity index (χ3n) is 4.32. The Morgan fingerprint density at radius 1 is 0.963 bits per heavy atom. The SMILES string of the molecule is CC(=O)Nc1cc(NC(C)=O)cc(C(=O)NC2CCc3cc(Cl)ccc32)c1. The van der Waals surface area contributed by atoms with Crippen molar-refractivity contribution in [2.75, 3.05) is 10.6 Å². The molecule has 0 spiro atoms. The maximum Gasteiger partial charge on any atom is 0.251 e. The van der Waals surface area contributed by atoms with Crippen LogP contribution in [0.25, 0.3) is 0 Å². The van der Waals surface area contributed by atoms with Crippen LogP contribution in [0.5, 0.6) is 0 Å². The molecule has 2 aromatic rings. The van der Waals surface area contributed by atoms with E-state index < -0.39 is 0 Å². The van der Waals surface area contributed by atoms with E-state index in [9.17, 15) is 14.4 Å². The van der Waals surface area contributed by atoms with Crippen LogP contribution in [0.3, 0.4) is 0 Å². The van der Waals surface area contributed by atoms with Gasteiger partial charge in [-0.2, -0.15) is 0 Å². The first kappa shape index (κ1) is 18.9. The van der Waals surface area contributed by atoms with Crippen LogP contribution in [0.1, 0.15) is 47.8 Å². The number of hydrogen-bond acceptors (Lipinski definition) is 3. The average molecular weight is 386 g/mol. The van der Waals surface area contributed by atoms with E-state index in [0.29, 0.717) is 22.0 Å². The van der Waals surface area contributed by atoms with Gasteiger partial charge in [-0.05, 0) is 54.3 Å². The van der Waals surface area contributed by atoms with E-state index >= 15 is 0 Å². The molecule has 0 fully saturated rings. The van der Waals surface area contributed by atoms with Crippen molar-refractivity contribution in [2.45, 2.75) is 32.7 Å². The number of fused-ring (bicyclic) bond motifs is 1. The van der Waals surface area contributed by atoms with Crippen LogP contribution in [0.15, 0.2) is 36.4 Å². The molecular weight excluding hydrogens is 366 g/mol. The Bertz CT molecular complexity index is 892. The summed E-state index contributed by atoms with van der Waals surface area (Å²) >= 11 is 6.03. The van der Waals surface area contributed by atoms with Gasteiger partial charge in [-0.1, -0.05) is 17.7 Å². The summed E-state index contributed by atoms with van der Waals surface area (Å²) in [6.07, 6.45) is 1.65. The average Bonchev–Trinajstić information content (AvgIpc) is 2.95. The molecule has 7 heteroatoms. The highest BCUT2D eigenvalue weighted by Crippen LogP contribution is 2.33. The van der Waals surface area contributed by atoms with Gasteiger partial charge in [0.15, 0.2) is 0 Å². The van der Waals surface area contributed by atoms with Gasteiger partial charge in [-0.3, -0.25) is 14.4 Å². The Morgan fingerprint density at radius 3 is 2.19 bits per heavy atom. The zero-order chi connectivity index (χ0) is 19.6. The molecule has 1 aliphatic rings. The van der Waals surface area contributed by atoms with Crippen LogP contribution < -0.4 is 16.0 Å². The molecule has 6 nitrogen and oxygen atoms in total. The van der Waals surface area contributed by atoms with Gasteiger partial charge in [-0.15, -0.1) is 0 Å². The molecule has 27 heavy (non-hydrogen) atoms. The third-order valence-corrected chi connectivity index (χ3v) is 4.56. The standard InChI is InChI=1S/C20H20ClN3O3/c1-11(25)22-16-8-14(9-17(10-16)23-12(2)26)20(27)24-19-6-3-13-7-15(21)4-5-18(13)19/h4-5,7-10,19H,3,6H2,1-2H3,(H,22,25)(H,23,26)(H,24,27). The summed E-state index contributed by atoms with van der Waals surface area (Å²) in [5.74, 6) is -0.799. The van der Waals surface area contributed by atoms with Crippen LogP contribution in [0.4, 0.5) is 11.4 Å². The molecule has 3 N–H and O–H groups in total. The van der Waals surface area contributed by atoms with E-state index in [2.05, 4.69) is 16.0 Å². The number of hydrogen-bond donors (Lipinski definition) is 3. The fourth-order valence-electron chi connectivity index (χ4n) is 3.29. The first-order valence-corrected chi connectivity index (χ1v) is 8.99. The van der Waals surface area contributed by atoms with Crippen molar-refractivity contribution in [3.05, 3.63) is 58.1 Å². The number of anilines is 2. The molecule has 2 aromatic carbocycles. The summed E-state index contributed by atoms with van der Waals surface area (Å²) in [6.45, 7) is 2.76. The molecule has 0 saturated carbocycles. The monoisotopic (exact) mass is 385 g/mol. The lowest BCUT2D eigenvalue weighted by atomic mass is 10.1. The molecule has 1 aliphatic carbocycles. The van der Waals surface area contributed by atoms with Crippen LogP contribution in [-0.2, 0) is 16.0 Å². The van der Waals surface area contributed by atoms with Crippen molar-refractivity contribution in [1.82, 2.24) is 5.32 Å². The number of nitrogens with one attached hydrogen (secondary N) is 3. The lowest BCUT2D eigenvalue weighted by molar-refractivity contribution is -0.115. The fourth-order valence-corrected chi connectivity index (χ4v) is 3.48. The van der Waals surface area contributed by atoms with E-state index in [1.54, 1.807) is 18.2 Å². The summed E-state index contributed by atoms with van der Waals surface area (Å²) in [7, 11) is 0. The molecule has 3 rings (SSSR count). The molecule has 0 heterocycles. The predicted molar refractivity (Wildman–Crippen MR) is 105 cm³/mol. The van der Waals surface area contributed by atoms with Gasteiger partial charge >= 0.3 is 0 Å². The van der Waals surface area contributed by atoms with Crippen LogP contribution in [0.2, 0.25) is 5.02 Å². The summed E-state index contributed by atoms with van der Waals surface area (Å²) < 4.78 is 0. The van der Waals surface area contributed by atoms with Crippen molar-refractivity contribution in [3.8, 4) is 0 Å². The molecule has 3 amide bonds. The van der Waals surface area contributed by atoms with Crippen molar-refractivity contribution in [2.24, 2.45) is 0 Å². The Balaban J connectivity index is 1.84. The van der Waals surface area contributed by atoms with Crippen LogP contribution in [0, 0.1) is 0 Å². The van der Waals surface area contributed by atoms with Crippen molar-refractivity contribution in [3.63, 3.8) is 0 Å². The molecule has 0 aromatic heterocycles. The van der Waals surface area contributed by atoms with Gasteiger partial charge in [0.25, 0.3) is 5.91 Å². The van der Waals surface area contributed by atoms with E-state index in [1.807, 2.05) is 18.2 Å². The lowest BCUT2D eigenvalue weighted by Crippen LogP contribution is -2.27. The Kier molecular flexibility index (Phi) is 5.46. The molecule has 0 bridgehead atoms. The van der Waals surface area contributed by atoms with E-state index in [1.165, 1.54) is 13.8 Å². The number of halogens is 1. The van der Waals surface area contributed by atoms with Crippen LogP contribution >= 0.6 is 11.6 Å². The van der Waals surface area contributed by atoms with Crippen molar-refractivity contribution in [1.29, 1.82) is 0 Å². The number of carbonyl (C=O) groups excluding carboxylic acids is 3. The first-order valence-electron chi connectivity index (χ1n) is 8.61. The summed E-state index contributed by atoms with van der Waals surface area (Å²) in [6, 6.07) is 10.4. The van der Waals surface area contributed by atoms with E-state index in [4.69, 9.17) is 11.6 Å². The van der Waals surface area contributed by atoms with E-state index in [-0.39, 0.29) is 23.8 Å². The van der Waals surface area contributed by atoms with Crippen LogP contribution in [-0.4, -0.2) is 17.7 Å². The zero-order valence-corrected chi connectivity index (χ0v) is 15.8. The third kappa shape index (κ3) is 4.65. The maximum absolute atomic E-state index is 12.8. The fraction of sp³-hybridized carbons (Fsp3) is 0.250. The largest absolute Gasteiger partial charge is 0.345 e. The van der Waals surface area contributed by atoms with Crippen molar-refractivity contribution >= 4 is 40.7 Å². The number of rotatable bonds is 4. The zero-order valence-electron chi connectivity index (χ0n) is 15.1. The molecule has 0 radical (unpaired) electrons. The van der Waals surface area contributed by atoms with Gasteiger partial charge in [0.2, 0.25) is 11.8 Å². The number of amides is 3. The normalized spacial score (nSPS) is 15.0. The highest BCUT2D eigenvalue weighted by atomic mass is 35.5. The number of aryl methyl sites for hydroxylation is 1. The van der Waals surface area contributed by atoms with Gasteiger partial charge in [0.1, 0.15) is 0 Å². The molecule has 1 atom stereocenters. The highest BCUT2D eigenvalue weighted by Gasteiger charge is 2.24. The minimum atomic E-state index is -0.276. The summed E-state index contributed by atoms with van der Waals surface area (Å²) in [4.78, 5) is 35.5. The molecular formula is C20H20ClN3O3. The minimum Gasteiger partial charge on any atom is -0.345 e. The summed E-state index contributed by atoms with van der Waals surface area (Å²) in [5, 5.41) is 9.00. The van der Waals surface area contributed by atoms with Gasteiger partial charge in [-0.25, -0.2) is 0 Å². The summed E-state index contributed by atoms with van der Waals surface area (Å²) in [5.41, 5.74) is 3.44. The smallest absolute Gasteiger partial charge is 0.251 e. The minimum absolute atomic E-state index is 0.0987. The first-order chi connectivity index (χ1) is 12.8. The Morgan fingerprint density at radius 2 is 1.59 bits per heavy atom. The highest BCUT2D eigenvalue weighted by molar-refractivity contribution is 6.30. The molecule has 0 aliphatic heterocycles. The molecule has 140 valence electrons. The quantitative estimate of drug-likeness (QED) is 0.750. The van der Waals surface area contributed by atoms with Gasteiger partial charge in [0.05, 0.1) is 6.04 Å². The second-order valence-electron chi connectivity index (χ2n) is 6.57. The second kappa shape index (κ2) is 7.80.